The van der Waals surface area contributed by atoms with E-state index in [2.05, 4.69) is 163 Å². The number of allylic oxidation sites excluding steroid dienone is 4. The first-order valence-electron chi connectivity index (χ1n) is 21.5. The zero-order chi connectivity index (χ0) is 44.7. The third kappa shape index (κ3) is 10.8. The summed E-state index contributed by atoms with van der Waals surface area (Å²) in [4.78, 5) is 28.2. The molecule has 0 spiro atoms. The number of ether oxygens (including phenoxy) is 2. The lowest BCUT2D eigenvalue weighted by atomic mass is 10.00. The second kappa shape index (κ2) is 21.7. The van der Waals surface area contributed by atoms with Crippen molar-refractivity contribution in [3.05, 3.63) is 218 Å². The lowest BCUT2D eigenvalue weighted by molar-refractivity contribution is -0.129. The molecule has 6 nitrogen and oxygen atoms in total. The molecule has 0 saturated heterocycles. The van der Waals surface area contributed by atoms with Gasteiger partial charge in [-0.1, -0.05) is 132 Å². The van der Waals surface area contributed by atoms with Gasteiger partial charge in [0.05, 0.1) is 0 Å². The summed E-state index contributed by atoms with van der Waals surface area (Å²) in [5, 5.41) is 3.99. The summed E-state index contributed by atoms with van der Waals surface area (Å²) in [7, 11) is 0. The average molecular weight is 831 g/mol. The number of benzene rings is 7. The van der Waals surface area contributed by atoms with Gasteiger partial charge in [-0.2, -0.15) is 0 Å². The van der Waals surface area contributed by atoms with Gasteiger partial charge in [-0.15, -0.1) is 0 Å². The molecule has 316 valence electrons. The molecule has 1 aliphatic carbocycles. The van der Waals surface area contributed by atoms with Crippen molar-refractivity contribution in [2.75, 3.05) is 9.80 Å². The zero-order valence-corrected chi connectivity index (χ0v) is 36.8. The molecule has 63 heavy (non-hydrogen) atoms. The first-order valence-corrected chi connectivity index (χ1v) is 21.5. The first-order chi connectivity index (χ1) is 30.9. The van der Waals surface area contributed by atoms with E-state index in [0.717, 1.165) is 85.4 Å². The van der Waals surface area contributed by atoms with Gasteiger partial charge in [-0.25, -0.2) is 9.59 Å². The van der Waals surface area contributed by atoms with Gasteiger partial charge in [0.2, 0.25) is 0 Å². The minimum atomic E-state index is -0.486. The fourth-order valence-electron chi connectivity index (χ4n) is 7.40. The molecule has 0 saturated carbocycles. The van der Waals surface area contributed by atoms with Crippen LogP contribution in [0.4, 0.5) is 28.4 Å². The Balaban J connectivity index is 0.00000161. The number of anilines is 5. The van der Waals surface area contributed by atoms with Crippen LogP contribution < -0.4 is 19.3 Å². The van der Waals surface area contributed by atoms with E-state index >= 15 is 0 Å². The van der Waals surface area contributed by atoms with Crippen LogP contribution in [0.2, 0.25) is 0 Å². The number of rotatable bonds is 10. The monoisotopic (exact) mass is 830 g/mol. The summed E-state index contributed by atoms with van der Waals surface area (Å²) in [5.41, 5.74) is 9.82. The largest absolute Gasteiger partial charge is 0.423 e. The van der Waals surface area contributed by atoms with Crippen molar-refractivity contribution < 1.29 is 19.1 Å². The molecule has 1 aliphatic rings. The van der Waals surface area contributed by atoms with Crippen molar-refractivity contribution in [1.82, 2.24) is 0 Å². The number of para-hydroxylation sites is 2. The molecule has 0 aliphatic heterocycles. The van der Waals surface area contributed by atoms with Gasteiger partial charge in [0.15, 0.2) is 0 Å². The summed E-state index contributed by atoms with van der Waals surface area (Å²) in [6.07, 6.45) is 15.0. The van der Waals surface area contributed by atoms with Gasteiger partial charge in [0.25, 0.3) is 0 Å². The van der Waals surface area contributed by atoms with Gasteiger partial charge >= 0.3 is 11.9 Å². The number of hydrogen-bond donors (Lipinski definition) is 0. The zero-order valence-electron chi connectivity index (χ0n) is 36.8. The van der Waals surface area contributed by atoms with Gasteiger partial charge in [-0.3, -0.25) is 0 Å². The maximum atomic E-state index is 11.8. The van der Waals surface area contributed by atoms with Crippen molar-refractivity contribution in [3.63, 3.8) is 0 Å². The van der Waals surface area contributed by atoms with Crippen LogP contribution in [0.25, 0.3) is 27.6 Å². The molecular weight excluding hydrogens is 777 g/mol. The topological polar surface area (TPSA) is 59.1 Å². The van der Waals surface area contributed by atoms with E-state index in [-0.39, 0.29) is 0 Å². The number of fused-ring (bicyclic) bond motifs is 3. The molecule has 0 radical (unpaired) electrons. The molecule has 0 aromatic heterocycles. The van der Waals surface area contributed by atoms with Crippen LogP contribution in [0.5, 0.6) is 11.5 Å². The van der Waals surface area contributed by atoms with E-state index in [1.165, 1.54) is 5.56 Å². The highest BCUT2D eigenvalue weighted by Gasteiger charge is 2.18. The van der Waals surface area contributed by atoms with Crippen LogP contribution in [0, 0.1) is 6.92 Å². The summed E-state index contributed by atoms with van der Waals surface area (Å²) in [6, 6.07) is 49.4. The van der Waals surface area contributed by atoms with Gasteiger partial charge in [0.1, 0.15) is 11.5 Å². The molecule has 0 fully saturated rings. The molecule has 0 heterocycles. The summed E-state index contributed by atoms with van der Waals surface area (Å²) < 4.78 is 10.8. The van der Waals surface area contributed by atoms with Crippen molar-refractivity contribution in [2.45, 2.75) is 47.5 Å². The minimum absolute atomic E-state index is 0.480. The lowest BCUT2D eigenvalue weighted by Crippen LogP contribution is -2.16. The molecule has 0 atom stereocenters. The summed E-state index contributed by atoms with van der Waals surface area (Å²) >= 11 is 0. The van der Waals surface area contributed by atoms with Gasteiger partial charge in [0, 0.05) is 46.3 Å². The number of esters is 2. The molecule has 8 rings (SSSR count). The predicted molar refractivity (Wildman–Crippen MR) is 265 cm³/mol. The number of hydrogen-bond acceptors (Lipinski definition) is 6. The number of carbonyl (C=O) groups is 2. The highest BCUT2D eigenvalue weighted by atomic mass is 16.5. The van der Waals surface area contributed by atoms with Crippen LogP contribution in [0.15, 0.2) is 201 Å². The first kappa shape index (κ1) is 44.8. The molecule has 7 aromatic rings. The van der Waals surface area contributed by atoms with Crippen LogP contribution in [0.1, 0.15) is 50.8 Å². The third-order valence-corrected chi connectivity index (χ3v) is 10.3. The van der Waals surface area contributed by atoms with Gasteiger partial charge < -0.3 is 19.3 Å². The second-order valence-corrected chi connectivity index (χ2v) is 14.2. The highest BCUT2D eigenvalue weighted by Crippen LogP contribution is 2.39. The third-order valence-electron chi connectivity index (χ3n) is 10.3. The Kier molecular flexibility index (Phi) is 15.5. The quantitative estimate of drug-likeness (QED) is 0.0777. The minimum Gasteiger partial charge on any atom is -0.423 e. The predicted octanol–water partition coefficient (Wildman–Crippen LogP) is 15.2. The van der Waals surface area contributed by atoms with E-state index in [4.69, 9.17) is 9.47 Å². The normalized spacial score (nSPS) is 13.5. The van der Waals surface area contributed by atoms with E-state index < -0.39 is 11.9 Å². The van der Waals surface area contributed by atoms with Crippen LogP contribution in [-0.2, 0) is 16.0 Å². The lowest BCUT2D eigenvalue weighted by Gasteiger charge is -2.28. The van der Waals surface area contributed by atoms with Crippen LogP contribution in [-0.4, -0.2) is 11.9 Å². The Morgan fingerprint density at radius 3 is 1.67 bits per heavy atom. The molecule has 7 aromatic carbocycles. The SMILES string of the molecule is C=CC(=O)Oc1ccc2cc(N(C3=C/C/C=C\c4cc(N(c5ccccc5)c5ccc6cc(OC(=O)C=C)ccc6c5)ccc4C/C=C\3)c3ccccc3C)ccc2c1.CC.CC. The second-order valence-electron chi connectivity index (χ2n) is 14.2. The van der Waals surface area contributed by atoms with E-state index in [1.54, 1.807) is 6.07 Å². The number of carbonyl (C=O) groups excluding carboxylic acids is 2. The molecule has 0 N–H and O–H groups in total. The fraction of sp³-hybridized carbons (Fsp3) is 0.123. The Bertz CT molecular complexity index is 2830. The van der Waals surface area contributed by atoms with Crippen molar-refractivity contribution in [1.29, 1.82) is 0 Å². The molecule has 6 heteroatoms. The van der Waals surface area contributed by atoms with Crippen LogP contribution >= 0.6 is 0 Å². The molecule has 0 amide bonds. The fourth-order valence-corrected chi connectivity index (χ4v) is 7.40. The Hall–Kier alpha value is -7.70. The average Bonchev–Trinajstić information content (AvgIpc) is 3.33. The number of aryl methyl sites for hydroxylation is 1. The summed E-state index contributed by atoms with van der Waals surface area (Å²) in [6.45, 7) is 17.1. The molecular formula is C57H54N2O4. The van der Waals surface area contributed by atoms with E-state index in [0.29, 0.717) is 17.9 Å². The maximum absolute atomic E-state index is 11.8. The molecule has 0 unspecified atom stereocenters. The van der Waals surface area contributed by atoms with E-state index in [9.17, 15) is 9.59 Å². The summed E-state index contributed by atoms with van der Waals surface area (Å²) in [5.74, 6) is -0.0107. The van der Waals surface area contributed by atoms with Crippen molar-refractivity contribution >= 4 is 68.0 Å². The Labute approximate surface area is 372 Å². The van der Waals surface area contributed by atoms with Gasteiger partial charge in [-0.05, 0) is 143 Å². The Morgan fingerprint density at radius 2 is 1.06 bits per heavy atom. The van der Waals surface area contributed by atoms with Crippen molar-refractivity contribution in [3.8, 4) is 11.5 Å². The van der Waals surface area contributed by atoms with Crippen LogP contribution in [0.3, 0.4) is 0 Å². The van der Waals surface area contributed by atoms with E-state index in [1.807, 2.05) is 64.1 Å². The standard InChI is InChI=1S/C53H42N2O4.2C2H6/c1-4-52(56)58-49-30-25-40-33-47(28-23-42(40)35-49)54(44-17-7-6-8-18-44)46-27-22-38-16-13-20-45(19-11-10-15-39(38)32-46)55(51-21-12-9-14-37(51)3)48-29-24-43-36-50(59-53(57)5-2)31-26-41(43)34-48;2*1-2/h4-10,12-15,17-36H,1-2,11,16H2,3H3;2*1-2H3/b15-10-,20-13-,45-19+;;. The Morgan fingerprint density at radius 1 is 0.540 bits per heavy atom. The van der Waals surface area contributed by atoms with Crippen molar-refractivity contribution in [2.24, 2.45) is 0 Å². The highest BCUT2D eigenvalue weighted by molar-refractivity contribution is 5.92. The molecule has 0 bridgehead atoms. The number of nitrogens with zero attached hydrogens (tertiary/aromatic N) is 2. The smallest absolute Gasteiger partial charge is 0.335 e. The maximum Gasteiger partial charge on any atom is 0.335 e.